The molecule has 8 heteroatoms. The highest BCUT2D eigenvalue weighted by Gasteiger charge is 2.16. The first-order valence-electron chi connectivity index (χ1n) is 5.71. The van der Waals surface area contributed by atoms with E-state index in [4.69, 9.17) is 34.8 Å². The van der Waals surface area contributed by atoms with Gasteiger partial charge >= 0.3 is 0 Å². The van der Waals surface area contributed by atoms with Crippen LogP contribution in [0.4, 0.5) is 11.5 Å². The van der Waals surface area contributed by atoms with Gasteiger partial charge in [0, 0.05) is 22.7 Å². The van der Waals surface area contributed by atoms with Crippen LogP contribution in [0, 0.1) is 0 Å². The Balaban J connectivity index is 2.37. The van der Waals surface area contributed by atoms with Crippen LogP contribution in [0.5, 0.6) is 0 Å². The fraction of sp³-hybridized carbons (Fsp3) is 0.0769. The monoisotopic (exact) mass is 407 g/mol. The van der Waals surface area contributed by atoms with Crippen LogP contribution < -0.4 is 10.6 Å². The molecule has 0 radical (unpaired) electrons. The molecule has 4 nitrogen and oxygen atoms in total. The normalized spacial score (nSPS) is 10.3. The summed E-state index contributed by atoms with van der Waals surface area (Å²) in [4.78, 5) is 16.5. The largest absolute Gasteiger partial charge is 0.372 e. The number of amides is 1. The van der Waals surface area contributed by atoms with E-state index in [0.717, 1.165) is 0 Å². The molecule has 1 heterocycles. The SMILES string of the molecule is CNc1ncc(Br)cc1C(=O)Nc1c(Cl)cc(Cl)cc1Cl. The third-order valence-electron chi connectivity index (χ3n) is 2.58. The van der Waals surface area contributed by atoms with Crippen LogP contribution >= 0.6 is 50.7 Å². The van der Waals surface area contributed by atoms with E-state index in [-0.39, 0.29) is 16.0 Å². The maximum Gasteiger partial charge on any atom is 0.259 e. The third-order valence-corrected chi connectivity index (χ3v) is 3.83. The van der Waals surface area contributed by atoms with Crippen molar-refractivity contribution in [3.8, 4) is 0 Å². The van der Waals surface area contributed by atoms with Crippen LogP contribution in [0.15, 0.2) is 28.9 Å². The summed E-state index contributed by atoms with van der Waals surface area (Å²) in [6.45, 7) is 0. The predicted molar refractivity (Wildman–Crippen MR) is 90.9 cm³/mol. The Morgan fingerprint density at radius 3 is 2.38 bits per heavy atom. The molecule has 1 aromatic carbocycles. The number of hydrogen-bond acceptors (Lipinski definition) is 3. The van der Waals surface area contributed by atoms with Gasteiger partial charge in [-0.2, -0.15) is 0 Å². The molecule has 110 valence electrons. The van der Waals surface area contributed by atoms with Gasteiger partial charge in [0.05, 0.1) is 21.3 Å². The number of rotatable bonds is 3. The first-order chi connectivity index (χ1) is 9.92. The van der Waals surface area contributed by atoms with E-state index in [1.54, 1.807) is 19.3 Å². The average Bonchev–Trinajstić information content (AvgIpc) is 2.42. The molecule has 2 N–H and O–H groups in total. The van der Waals surface area contributed by atoms with Crippen molar-refractivity contribution in [1.29, 1.82) is 0 Å². The molecule has 0 spiro atoms. The third kappa shape index (κ3) is 3.80. The number of nitrogens with one attached hydrogen (secondary N) is 2. The van der Waals surface area contributed by atoms with E-state index in [1.165, 1.54) is 12.1 Å². The minimum absolute atomic E-state index is 0.259. The Hall–Kier alpha value is -1.01. The van der Waals surface area contributed by atoms with E-state index < -0.39 is 0 Å². The molecule has 0 unspecified atom stereocenters. The number of hydrogen-bond donors (Lipinski definition) is 2. The summed E-state index contributed by atoms with van der Waals surface area (Å²) in [7, 11) is 1.68. The van der Waals surface area contributed by atoms with Gasteiger partial charge in [-0.05, 0) is 34.1 Å². The minimum Gasteiger partial charge on any atom is -0.372 e. The summed E-state index contributed by atoms with van der Waals surface area (Å²) in [5.74, 6) is 0.0520. The molecule has 1 aromatic heterocycles. The van der Waals surface area contributed by atoms with Crippen molar-refractivity contribution >= 4 is 68.1 Å². The number of anilines is 2. The Kier molecular flexibility index (Phi) is 5.32. The second-order valence-corrected chi connectivity index (χ2v) is 6.16. The Bertz CT molecular complexity index is 686. The zero-order chi connectivity index (χ0) is 15.6. The van der Waals surface area contributed by atoms with Crippen molar-refractivity contribution in [2.45, 2.75) is 0 Å². The van der Waals surface area contributed by atoms with Crippen LogP contribution in [0.2, 0.25) is 15.1 Å². The molecule has 0 bridgehead atoms. The second-order valence-electron chi connectivity index (χ2n) is 4.00. The summed E-state index contributed by atoms with van der Waals surface area (Å²) >= 11 is 21.2. The molecule has 0 aliphatic heterocycles. The second kappa shape index (κ2) is 6.83. The standard InChI is InChI=1S/C13H9BrCl3N3O/c1-18-12-8(2-6(14)5-19-12)13(21)20-11-9(16)3-7(15)4-10(11)17/h2-5H,1H3,(H,18,19)(H,20,21). The molecule has 0 atom stereocenters. The Labute approximate surface area is 144 Å². The van der Waals surface area contributed by atoms with Gasteiger partial charge in [0.15, 0.2) is 0 Å². The minimum atomic E-state index is -0.390. The van der Waals surface area contributed by atoms with Gasteiger partial charge in [-0.25, -0.2) is 4.98 Å². The number of aromatic nitrogens is 1. The summed E-state index contributed by atoms with van der Waals surface area (Å²) < 4.78 is 0.681. The molecular formula is C13H9BrCl3N3O. The fourth-order valence-electron chi connectivity index (χ4n) is 1.65. The van der Waals surface area contributed by atoms with Crippen molar-refractivity contribution in [2.24, 2.45) is 0 Å². The van der Waals surface area contributed by atoms with Gasteiger partial charge in [-0.15, -0.1) is 0 Å². The first kappa shape index (κ1) is 16.4. The highest BCUT2D eigenvalue weighted by Crippen LogP contribution is 2.34. The van der Waals surface area contributed by atoms with Crippen LogP contribution in [-0.2, 0) is 0 Å². The van der Waals surface area contributed by atoms with Crippen LogP contribution in [-0.4, -0.2) is 17.9 Å². The lowest BCUT2D eigenvalue weighted by atomic mass is 10.2. The van der Waals surface area contributed by atoms with Gasteiger partial charge in [0.2, 0.25) is 0 Å². The number of carbonyl (C=O) groups is 1. The van der Waals surface area contributed by atoms with E-state index in [2.05, 4.69) is 31.5 Å². The lowest BCUT2D eigenvalue weighted by Gasteiger charge is -2.12. The number of benzene rings is 1. The number of nitrogens with zero attached hydrogens (tertiary/aromatic N) is 1. The average molecular weight is 409 g/mol. The number of halogens is 4. The molecular weight excluding hydrogens is 400 g/mol. The molecule has 1 amide bonds. The molecule has 0 aliphatic rings. The summed E-state index contributed by atoms with van der Waals surface area (Å²) in [6, 6.07) is 4.65. The van der Waals surface area contributed by atoms with Crippen molar-refractivity contribution in [1.82, 2.24) is 4.98 Å². The van der Waals surface area contributed by atoms with Crippen LogP contribution in [0.3, 0.4) is 0 Å². The van der Waals surface area contributed by atoms with E-state index in [1.807, 2.05) is 0 Å². The smallest absolute Gasteiger partial charge is 0.259 e. The Morgan fingerprint density at radius 2 is 1.81 bits per heavy atom. The summed E-state index contributed by atoms with van der Waals surface area (Å²) in [6.07, 6.45) is 1.59. The van der Waals surface area contributed by atoms with Gasteiger partial charge in [-0.3, -0.25) is 4.79 Å². The highest BCUT2D eigenvalue weighted by atomic mass is 79.9. The summed E-state index contributed by atoms with van der Waals surface area (Å²) in [5.41, 5.74) is 0.656. The molecule has 0 aliphatic carbocycles. The Morgan fingerprint density at radius 1 is 1.19 bits per heavy atom. The lowest BCUT2D eigenvalue weighted by molar-refractivity contribution is 0.102. The number of pyridine rings is 1. The van der Waals surface area contributed by atoms with E-state index >= 15 is 0 Å². The quantitative estimate of drug-likeness (QED) is 0.742. The van der Waals surface area contributed by atoms with Crippen molar-refractivity contribution in [3.63, 3.8) is 0 Å². The molecule has 2 rings (SSSR count). The van der Waals surface area contributed by atoms with Crippen LogP contribution in [0.25, 0.3) is 0 Å². The molecule has 0 saturated carbocycles. The van der Waals surface area contributed by atoms with Gasteiger partial charge in [0.25, 0.3) is 5.91 Å². The zero-order valence-electron chi connectivity index (χ0n) is 10.7. The van der Waals surface area contributed by atoms with E-state index in [9.17, 15) is 4.79 Å². The molecule has 0 fully saturated rings. The maximum atomic E-state index is 12.4. The van der Waals surface area contributed by atoms with Gasteiger partial charge in [0.1, 0.15) is 5.82 Å². The van der Waals surface area contributed by atoms with Gasteiger partial charge in [-0.1, -0.05) is 34.8 Å². The number of carbonyl (C=O) groups excluding carboxylic acids is 1. The first-order valence-corrected chi connectivity index (χ1v) is 7.64. The van der Waals surface area contributed by atoms with Crippen molar-refractivity contribution in [2.75, 3.05) is 17.7 Å². The maximum absolute atomic E-state index is 12.4. The van der Waals surface area contributed by atoms with E-state index in [0.29, 0.717) is 26.6 Å². The van der Waals surface area contributed by atoms with Crippen LogP contribution in [0.1, 0.15) is 10.4 Å². The highest BCUT2D eigenvalue weighted by molar-refractivity contribution is 9.10. The predicted octanol–water partition coefficient (Wildman–Crippen LogP) is 5.10. The molecule has 2 aromatic rings. The zero-order valence-corrected chi connectivity index (χ0v) is 14.5. The fourth-order valence-corrected chi connectivity index (χ4v) is 2.90. The molecule has 0 saturated heterocycles. The van der Waals surface area contributed by atoms with Crippen molar-refractivity contribution in [3.05, 3.63) is 49.5 Å². The molecule has 21 heavy (non-hydrogen) atoms. The van der Waals surface area contributed by atoms with Gasteiger partial charge < -0.3 is 10.6 Å². The lowest BCUT2D eigenvalue weighted by Crippen LogP contribution is -2.15. The summed E-state index contributed by atoms with van der Waals surface area (Å²) in [5, 5.41) is 6.42. The topological polar surface area (TPSA) is 54.0 Å². The van der Waals surface area contributed by atoms with Crippen molar-refractivity contribution < 1.29 is 4.79 Å².